The molecule has 0 unspecified atom stereocenters. The molecule has 1 aromatic carbocycles. The van der Waals surface area contributed by atoms with Crippen molar-refractivity contribution in [2.24, 2.45) is 0 Å². The zero-order chi connectivity index (χ0) is 16.9. The molecular weight excluding hydrogens is 310 g/mol. The van der Waals surface area contributed by atoms with Crippen LogP contribution in [-0.4, -0.2) is 50.5 Å². The number of hydrogen-bond donors (Lipinski definition) is 3. The number of benzene rings is 1. The van der Waals surface area contributed by atoms with Gasteiger partial charge in [0.15, 0.2) is 0 Å². The number of anilines is 1. The number of carboxylic acids is 1. The van der Waals surface area contributed by atoms with Crippen LogP contribution < -0.4 is 10.6 Å². The minimum Gasteiger partial charge on any atom is -0.481 e. The molecule has 9 heteroatoms. The van der Waals surface area contributed by atoms with Crippen LogP contribution in [0.1, 0.15) is 12.0 Å². The molecule has 1 aromatic rings. The minimum atomic E-state index is -3.61. The van der Waals surface area contributed by atoms with E-state index in [4.69, 9.17) is 5.11 Å². The van der Waals surface area contributed by atoms with E-state index in [-0.39, 0.29) is 17.9 Å². The highest BCUT2D eigenvalue weighted by Gasteiger charge is 2.20. The van der Waals surface area contributed by atoms with Gasteiger partial charge in [-0.15, -0.1) is 0 Å². The van der Waals surface area contributed by atoms with Gasteiger partial charge in [-0.2, -0.15) is 0 Å². The maximum Gasteiger partial charge on any atom is 0.319 e. The highest BCUT2D eigenvalue weighted by atomic mass is 32.2. The van der Waals surface area contributed by atoms with Gasteiger partial charge in [0.05, 0.1) is 11.3 Å². The van der Waals surface area contributed by atoms with E-state index in [2.05, 4.69) is 10.6 Å². The molecule has 0 aromatic heterocycles. The lowest BCUT2D eigenvalue weighted by Crippen LogP contribution is -2.30. The second-order valence-electron chi connectivity index (χ2n) is 4.79. The summed E-state index contributed by atoms with van der Waals surface area (Å²) >= 11 is 0. The Bertz CT molecular complexity index is 670. The van der Waals surface area contributed by atoms with Gasteiger partial charge in [-0.05, 0) is 24.6 Å². The first-order chi connectivity index (χ1) is 10.1. The Balaban J connectivity index is 2.86. The fraction of sp³-hybridized carbons (Fsp3) is 0.385. The van der Waals surface area contributed by atoms with Crippen molar-refractivity contribution in [1.82, 2.24) is 9.62 Å². The Hall–Kier alpha value is -2.13. The van der Waals surface area contributed by atoms with E-state index in [9.17, 15) is 18.0 Å². The van der Waals surface area contributed by atoms with E-state index in [1.165, 1.54) is 20.2 Å². The molecule has 0 spiro atoms. The lowest BCUT2D eigenvalue weighted by Gasteiger charge is -2.15. The molecule has 0 fully saturated rings. The van der Waals surface area contributed by atoms with E-state index in [1.807, 2.05) is 0 Å². The molecule has 0 aliphatic heterocycles. The molecular formula is C13H19N3O5S. The Labute approximate surface area is 129 Å². The number of hydrogen-bond acceptors (Lipinski definition) is 4. The molecule has 2 amide bonds. The van der Waals surface area contributed by atoms with Crippen molar-refractivity contribution in [1.29, 1.82) is 0 Å². The Morgan fingerprint density at radius 3 is 2.45 bits per heavy atom. The Morgan fingerprint density at radius 2 is 1.91 bits per heavy atom. The maximum atomic E-state index is 12.2. The number of urea groups is 1. The molecule has 22 heavy (non-hydrogen) atoms. The van der Waals surface area contributed by atoms with Gasteiger partial charge in [0.2, 0.25) is 10.0 Å². The molecule has 122 valence electrons. The Kier molecular flexibility index (Phi) is 5.89. The van der Waals surface area contributed by atoms with Gasteiger partial charge in [-0.1, -0.05) is 6.07 Å². The summed E-state index contributed by atoms with van der Waals surface area (Å²) in [6, 6.07) is 3.92. The fourth-order valence-corrected chi connectivity index (χ4v) is 2.75. The second-order valence-corrected chi connectivity index (χ2v) is 6.91. The monoisotopic (exact) mass is 329 g/mol. The molecule has 1 rings (SSSR count). The number of carbonyl (C=O) groups is 2. The predicted octanol–water partition coefficient (Wildman–Crippen LogP) is 0.842. The Morgan fingerprint density at radius 1 is 1.27 bits per heavy atom. The number of rotatable bonds is 6. The summed E-state index contributed by atoms with van der Waals surface area (Å²) in [5, 5.41) is 13.3. The van der Waals surface area contributed by atoms with E-state index in [1.54, 1.807) is 19.1 Å². The third-order valence-corrected chi connectivity index (χ3v) is 4.79. The summed E-state index contributed by atoms with van der Waals surface area (Å²) in [4.78, 5) is 22.0. The normalized spacial score (nSPS) is 11.3. The summed E-state index contributed by atoms with van der Waals surface area (Å²) in [6.07, 6.45) is -0.193. The summed E-state index contributed by atoms with van der Waals surface area (Å²) in [5.74, 6) is -1.02. The van der Waals surface area contributed by atoms with E-state index >= 15 is 0 Å². The van der Waals surface area contributed by atoms with E-state index < -0.39 is 22.0 Å². The van der Waals surface area contributed by atoms with Crippen LogP contribution in [0.4, 0.5) is 10.5 Å². The number of aryl methyl sites for hydroxylation is 1. The molecule has 0 saturated heterocycles. The summed E-state index contributed by atoms with van der Waals surface area (Å²) in [7, 11) is -0.762. The van der Waals surface area contributed by atoms with Crippen LogP contribution in [0.25, 0.3) is 0 Å². The van der Waals surface area contributed by atoms with Gasteiger partial charge in [-0.3, -0.25) is 4.79 Å². The molecule has 0 heterocycles. The summed E-state index contributed by atoms with van der Waals surface area (Å²) in [6.45, 7) is 1.64. The number of carboxylic acid groups (broad SMARTS) is 1. The lowest BCUT2D eigenvalue weighted by molar-refractivity contribution is -0.136. The number of aliphatic carboxylic acids is 1. The lowest BCUT2D eigenvalue weighted by atomic mass is 10.2. The van der Waals surface area contributed by atoms with Crippen LogP contribution in [0.5, 0.6) is 0 Å². The number of carbonyl (C=O) groups excluding carboxylic acids is 1. The zero-order valence-electron chi connectivity index (χ0n) is 12.6. The molecule has 0 aliphatic carbocycles. The van der Waals surface area contributed by atoms with Gasteiger partial charge in [-0.25, -0.2) is 17.5 Å². The topological polar surface area (TPSA) is 116 Å². The minimum absolute atomic E-state index is 0.0180. The maximum absolute atomic E-state index is 12.2. The molecule has 0 radical (unpaired) electrons. The van der Waals surface area contributed by atoms with Gasteiger partial charge in [0.25, 0.3) is 0 Å². The third kappa shape index (κ3) is 4.71. The highest BCUT2D eigenvalue weighted by Crippen LogP contribution is 2.22. The second kappa shape index (κ2) is 7.23. The zero-order valence-corrected chi connectivity index (χ0v) is 13.4. The van der Waals surface area contributed by atoms with Crippen molar-refractivity contribution in [2.45, 2.75) is 18.2 Å². The highest BCUT2D eigenvalue weighted by molar-refractivity contribution is 7.89. The quantitative estimate of drug-likeness (QED) is 0.715. The molecule has 3 N–H and O–H groups in total. The van der Waals surface area contributed by atoms with Crippen molar-refractivity contribution in [3.8, 4) is 0 Å². The van der Waals surface area contributed by atoms with Crippen molar-refractivity contribution < 1.29 is 23.1 Å². The van der Waals surface area contributed by atoms with Crippen LogP contribution in [0.2, 0.25) is 0 Å². The SMILES string of the molecule is Cc1ccc(NC(=O)NCCC(=O)O)cc1S(=O)(=O)N(C)C. The average Bonchev–Trinajstić information content (AvgIpc) is 2.40. The van der Waals surface area contributed by atoms with Crippen LogP contribution in [0, 0.1) is 6.92 Å². The third-order valence-electron chi connectivity index (χ3n) is 2.83. The molecule has 8 nitrogen and oxygen atoms in total. The van der Waals surface area contributed by atoms with Gasteiger partial charge >= 0.3 is 12.0 Å². The predicted molar refractivity (Wildman–Crippen MR) is 81.3 cm³/mol. The van der Waals surface area contributed by atoms with Crippen molar-refractivity contribution in [2.75, 3.05) is 26.0 Å². The standard InChI is InChI=1S/C13H19N3O5S/c1-9-4-5-10(8-11(9)22(20,21)16(2)3)15-13(19)14-7-6-12(17)18/h4-5,8H,6-7H2,1-3H3,(H,17,18)(H2,14,15,19). The smallest absolute Gasteiger partial charge is 0.319 e. The van der Waals surface area contributed by atoms with Crippen molar-refractivity contribution >= 4 is 27.7 Å². The van der Waals surface area contributed by atoms with Crippen LogP contribution in [0.3, 0.4) is 0 Å². The molecule has 0 saturated carbocycles. The van der Waals surface area contributed by atoms with E-state index in [0.29, 0.717) is 11.3 Å². The number of nitrogens with one attached hydrogen (secondary N) is 2. The van der Waals surface area contributed by atoms with Crippen molar-refractivity contribution in [3.63, 3.8) is 0 Å². The first kappa shape index (κ1) is 17.9. The number of sulfonamides is 1. The van der Waals surface area contributed by atoms with Crippen LogP contribution in [0.15, 0.2) is 23.1 Å². The van der Waals surface area contributed by atoms with Gasteiger partial charge in [0, 0.05) is 26.3 Å². The van der Waals surface area contributed by atoms with Gasteiger partial charge in [0.1, 0.15) is 0 Å². The fourth-order valence-electron chi connectivity index (χ4n) is 1.61. The van der Waals surface area contributed by atoms with Crippen LogP contribution in [-0.2, 0) is 14.8 Å². The number of amides is 2. The molecule has 0 aliphatic rings. The van der Waals surface area contributed by atoms with Crippen LogP contribution >= 0.6 is 0 Å². The molecule has 0 bridgehead atoms. The largest absolute Gasteiger partial charge is 0.481 e. The first-order valence-corrected chi connectivity index (χ1v) is 7.88. The molecule has 0 atom stereocenters. The summed E-state index contributed by atoms with van der Waals surface area (Å²) in [5.41, 5.74) is 0.865. The summed E-state index contributed by atoms with van der Waals surface area (Å²) < 4.78 is 25.4. The van der Waals surface area contributed by atoms with E-state index in [0.717, 1.165) is 4.31 Å². The first-order valence-electron chi connectivity index (χ1n) is 6.44. The van der Waals surface area contributed by atoms with Gasteiger partial charge < -0.3 is 15.7 Å². The van der Waals surface area contributed by atoms with Crippen molar-refractivity contribution in [3.05, 3.63) is 23.8 Å². The number of nitrogens with zero attached hydrogens (tertiary/aromatic N) is 1. The average molecular weight is 329 g/mol.